The molecule has 122 valence electrons. The number of piperazine rings is 1. The van der Waals surface area contributed by atoms with E-state index < -0.39 is 5.97 Å². The van der Waals surface area contributed by atoms with Crippen molar-refractivity contribution >= 4 is 17.3 Å². The maximum Gasteiger partial charge on any atom is 0.335 e. The number of hydrogen-bond donors (Lipinski definition) is 1. The minimum Gasteiger partial charge on any atom is -0.478 e. The standard InChI is InChI=1S/C18H22N2O2S/c21-18(22)16-5-3-15(4-6-16)14-20-11-9-19(10-12-20)8-7-17-2-1-13-23-17/h1-6,13H,7-12,14H2,(H,21,22). The van der Waals surface area contributed by atoms with Gasteiger partial charge in [0.2, 0.25) is 0 Å². The van der Waals surface area contributed by atoms with Gasteiger partial charge in [-0.25, -0.2) is 4.79 Å². The molecule has 1 aliphatic heterocycles. The molecule has 4 nitrogen and oxygen atoms in total. The summed E-state index contributed by atoms with van der Waals surface area (Å²) >= 11 is 1.84. The number of nitrogens with zero attached hydrogens (tertiary/aromatic N) is 2. The first kappa shape index (κ1) is 16.2. The van der Waals surface area contributed by atoms with Gasteiger partial charge in [-0.15, -0.1) is 11.3 Å². The molecule has 0 spiro atoms. The van der Waals surface area contributed by atoms with E-state index in [1.807, 2.05) is 23.5 Å². The highest BCUT2D eigenvalue weighted by molar-refractivity contribution is 7.09. The number of carboxylic acids is 1. The van der Waals surface area contributed by atoms with Gasteiger partial charge >= 0.3 is 5.97 Å². The van der Waals surface area contributed by atoms with Crippen LogP contribution in [0.25, 0.3) is 0 Å². The molecule has 0 aliphatic carbocycles. The Hall–Kier alpha value is -1.69. The molecule has 5 heteroatoms. The van der Waals surface area contributed by atoms with E-state index in [1.165, 1.54) is 10.4 Å². The van der Waals surface area contributed by atoms with Crippen LogP contribution in [0.4, 0.5) is 0 Å². The van der Waals surface area contributed by atoms with E-state index in [-0.39, 0.29) is 0 Å². The summed E-state index contributed by atoms with van der Waals surface area (Å²) in [6, 6.07) is 11.6. The monoisotopic (exact) mass is 330 g/mol. The molecule has 0 amide bonds. The highest BCUT2D eigenvalue weighted by Gasteiger charge is 2.17. The van der Waals surface area contributed by atoms with E-state index in [1.54, 1.807) is 12.1 Å². The Bertz CT molecular complexity index is 617. The largest absolute Gasteiger partial charge is 0.478 e. The molecule has 1 aromatic carbocycles. The van der Waals surface area contributed by atoms with Gasteiger partial charge in [-0.1, -0.05) is 18.2 Å². The van der Waals surface area contributed by atoms with Crippen molar-refractivity contribution < 1.29 is 9.90 Å². The van der Waals surface area contributed by atoms with Crippen molar-refractivity contribution in [3.8, 4) is 0 Å². The lowest BCUT2D eigenvalue weighted by atomic mass is 10.1. The molecule has 0 saturated carbocycles. The number of thiophene rings is 1. The van der Waals surface area contributed by atoms with Crippen LogP contribution in [0.1, 0.15) is 20.8 Å². The van der Waals surface area contributed by atoms with Gasteiger partial charge in [0.15, 0.2) is 0 Å². The highest BCUT2D eigenvalue weighted by Crippen LogP contribution is 2.13. The minimum atomic E-state index is -0.865. The molecule has 3 rings (SSSR count). The topological polar surface area (TPSA) is 43.8 Å². The van der Waals surface area contributed by atoms with Gasteiger partial charge in [0.05, 0.1) is 5.56 Å². The molecule has 1 saturated heterocycles. The van der Waals surface area contributed by atoms with E-state index in [2.05, 4.69) is 27.3 Å². The number of rotatable bonds is 6. The summed E-state index contributed by atoms with van der Waals surface area (Å²) in [4.78, 5) is 17.3. The zero-order chi connectivity index (χ0) is 16.1. The fraction of sp³-hybridized carbons (Fsp3) is 0.389. The van der Waals surface area contributed by atoms with Crippen molar-refractivity contribution in [3.05, 3.63) is 57.8 Å². The van der Waals surface area contributed by atoms with Crippen molar-refractivity contribution in [2.75, 3.05) is 32.7 Å². The Morgan fingerprint density at radius 1 is 1.04 bits per heavy atom. The van der Waals surface area contributed by atoms with Crippen LogP contribution >= 0.6 is 11.3 Å². The predicted octanol–water partition coefficient (Wildman–Crippen LogP) is 2.81. The molecule has 1 fully saturated rings. The zero-order valence-electron chi connectivity index (χ0n) is 13.1. The Morgan fingerprint density at radius 3 is 2.35 bits per heavy atom. The van der Waals surface area contributed by atoms with Crippen LogP contribution in [0.2, 0.25) is 0 Å². The van der Waals surface area contributed by atoms with E-state index in [4.69, 9.17) is 5.11 Å². The van der Waals surface area contributed by atoms with Gasteiger partial charge in [-0.05, 0) is 35.6 Å². The second-order valence-corrected chi connectivity index (χ2v) is 6.98. The average molecular weight is 330 g/mol. The molecular formula is C18H22N2O2S. The second kappa shape index (κ2) is 7.73. The Morgan fingerprint density at radius 2 is 1.74 bits per heavy atom. The maximum atomic E-state index is 10.9. The predicted molar refractivity (Wildman–Crippen MR) is 93.1 cm³/mol. The molecule has 1 aliphatic rings. The van der Waals surface area contributed by atoms with Crippen LogP contribution in [-0.2, 0) is 13.0 Å². The van der Waals surface area contributed by atoms with Crippen molar-refractivity contribution in [2.45, 2.75) is 13.0 Å². The first-order valence-corrected chi connectivity index (χ1v) is 8.88. The number of benzene rings is 1. The van der Waals surface area contributed by atoms with Gasteiger partial charge in [-0.3, -0.25) is 4.90 Å². The Labute approximate surface area is 141 Å². The number of hydrogen-bond acceptors (Lipinski definition) is 4. The normalized spacial score (nSPS) is 16.5. The highest BCUT2D eigenvalue weighted by atomic mass is 32.1. The van der Waals surface area contributed by atoms with E-state index in [0.29, 0.717) is 5.56 Å². The molecule has 0 radical (unpaired) electrons. The van der Waals surface area contributed by atoms with Gasteiger partial charge in [0.1, 0.15) is 0 Å². The van der Waals surface area contributed by atoms with Crippen LogP contribution in [0.15, 0.2) is 41.8 Å². The molecule has 0 unspecified atom stereocenters. The second-order valence-electron chi connectivity index (χ2n) is 5.95. The third-order valence-electron chi connectivity index (χ3n) is 4.33. The smallest absolute Gasteiger partial charge is 0.335 e. The van der Waals surface area contributed by atoms with Crippen LogP contribution in [-0.4, -0.2) is 53.6 Å². The fourth-order valence-corrected chi connectivity index (χ4v) is 3.60. The number of aromatic carboxylic acids is 1. The van der Waals surface area contributed by atoms with Crippen molar-refractivity contribution in [3.63, 3.8) is 0 Å². The van der Waals surface area contributed by atoms with Crippen LogP contribution < -0.4 is 0 Å². The van der Waals surface area contributed by atoms with E-state index in [0.717, 1.165) is 45.7 Å². The molecule has 2 aromatic rings. The molecule has 1 aromatic heterocycles. The third kappa shape index (κ3) is 4.64. The summed E-state index contributed by atoms with van der Waals surface area (Å²) in [5.74, 6) is -0.865. The molecule has 2 heterocycles. The van der Waals surface area contributed by atoms with Crippen molar-refractivity contribution in [1.82, 2.24) is 9.80 Å². The summed E-state index contributed by atoms with van der Waals surface area (Å²) in [5, 5.41) is 11.1. The van der Waals surface area contributed by atoms with Gasteiger partial charge < -0.3 is 10.0 Å². The molecule has 23 heavy (non-hydrogen) atoms. The quantitative estimate of drug-likeness (QED) is 0.884. The van der Waals surface area contributed by atoms with Crippen LogP contribution in [0.5, 0.6) is 0 Å². The lowest BCUT2D eigenvalue weighted by Gasteiger charge is -2.34. The molecular weight excluding hydrogens is 308 g/mol. The van der Waals surface area contributed by atoms with Gasteiger partial charge in [-0.2, -0.15) is 0 Å². The third-order valence-corrected chi connectivity index (χ3v) is 5.26. The van der Waals surface area contributed by atoms with Crippen molar-refractivity contribution in [2.24, 2.45) is 0 Å². The van der Waals surface area contributed by atoms with Crippen molar-refractivity contribution in [1.29, 1.82) is 0 Å². The number of carbonyl (C=O) groups is 1. The fourth-order valence-electron chi connectivity index (χ4n) is 2.91. The summed E-state index contributed by atoms with van der Waals surface area (Å²) in [7, 11) is 0. The molecule has 0 bridgehead atoms. The SMILES string of the molecule is O=C(O)c1ccc(CN2CCN(CCc3cccs3)CC2)cc1. The first-order chi connectivity index (χ1) is 11.2. The average Bonchev–Trinajstić information content (AvgIpc) is 3.08. The van der Waals surface area contributed by atoms with Gasteiger partial charge in [0, 0.05) is 44.1 Å². The van der Waals surface area contributed by atoms with Crippen LogP contribution in [0, 0.1) is 0 Å². The summed E-state index contributed by atoms with van der Waals surface area (Å²) < 4.78 is 0. The Balaban J connectivity index is 1.42. The number of carboxylic acid groups (broad SMARTS) is 1. The summed E-state index contributed by atoms with van der Waals surface area (Å²) in [5.41, 5.74) is 1.54. The van der Waals surface area contributed by atoms with E-state index >= 15 is 0 Å². The van der Waals surface area contributed by atoms with E-state index in [9.17, 15) is 4.79 Å². The summed E-state index contributed by atoms with van der Waals surface area (Å²) in [6.07, 6.45) is 1.15. The molecule has 1 N–H and O–H groups in total. The van der Waals surface area contributed by atoms with Crippen LogP contribution in [0.3, 0.4) is 0 Å². The zero-order valence-corrected chi connectivity index (χ0v) is 14.0. The molecule has 0 atom stereocenters. The maximum absolute atomic E-state index is 10.9. The lowest BCUT2D eigenvalue weighted by molar-refractivity contribution is 0.0697. The lowest BCUT2D eigenvalue weighted by Crippen LogP contribution is -2.46. The first-order valence-electron chi connectivity index (χ1n) is 8.00. The Kier molecular flexibility index (Phi) is 5.43. The summed E-state index contributed by atoms with van der Waals surface area (Å²) in [6.45, 7) is 6.41. The minimum absolute atomic E-state index is 0.354. The van der Waals surface area contributed by atoms with Gasteiger partial charge in [0.25, 0.3) is 0 Å².